The van der Waals surface area contributed by atoms with Crippen LogP contribution in [0.25, 0.3) is 10.8 Å². The minimum Gasteiger partial charge on any atom is -0.375 e. The molecule has 1 aliphatic rings. The van der Waals surface area contributed by atoms with E-state index < -0.39 is 11.6 Å². The van der Waals surface area contributed by atoms with Gasteiger partial charge in [-0.05, 0) is 32.0 Å². The Morgan fingerprint density at radius 3 is 2.87 bits per heavy atom. The quantitative estimate of drug-likeness (QED) is 0.706. The Labute approximate surface area is 172 Å². The Balaban J connectivity index is 1.67. The van der Waals surface area contributed by atoms with Crippen LogP contribution in [0.15, 0.2) is 24.4 Å². The van der Waals surface area contributed by atoms with E-state index in [-0.39, 0.29) is 23.8 Å². The van der Waals surface area contributed by atoms with Crippen molar-refractivity contribution in [1.82, 2.24) is 15.2 Å². The van der Waals surface area contributed by atoms with Crippen molar-refractivity contribution in [2.24, 2.45) is 0 Å². The summed E-state index contributed by atoms with van der Waals surface area (Å²) in [5.41, 5.74) is 0.423. The van der Waals surface area contributed by atoms with E-state index in [9.17, 15) is 8.78 Å². The van der Waals surface area contributed by atoms with Crippen molar-refractivity contribution < 1.29 is 13.5 Å². The smallest absolute Gasteiger partial charge is 0.157 e. The van der Waals surface area contributed by atoms with Crippen molar-refractivity contribution in [2.45, 2.75) is 26.5 Å². The van der Waals surface area contributed by atoms with Crippen molar-refractivity contribution in [3.8, 4) is 6.07 Å². The summed E-state index contributed by atoms with van der Waals surface area (Å²) < 4.78 is 33.7. The second kappa shape index (κ2) is 8.16. The molecule has 2 aromatic heterocycles. The van der Waals surface area contributed by atoms with Gasteiger partial charge in [-0.15, -0.1) is 5.10 Å². The molecule has 0 aliphatic carbocycles. The van der Waals surface area contributed by atoms with Crippen LogP contribution in [0.4, 0.5) is 20.4 Å². The first kappa shape index (κ1) is 19.9. The SMILES string of the molecule is Cc1nnc(NCc2cc(F)cc(C#N)c2F)c2cc(N3CCO[C@H](C)C3)ncc12. The number of nitrogens with zero attached hydrogens (tertiary/aromatic N) is 5. The number of anilines is 2. The summed E-state index contributed by atoms with van der Waals surface area (Å²) in [6.45, 7) is 5.89. The molecule has 0 amide bonds. The molecular formula is C21H20F2N6O. The molecule has 154 valence electrons. The maximum absolute atomic E-state index is 14.4. The molecule has 0 spiro atoms. The highest BCUT2D eigenvalue weighted by Crippen LogP contribution is 2.27. The van der Waals surface area contributed by atoms with Crippen LogP contribution < -0.4 is 10.2 Å². The van der Waals surface area contributed by atoms with Crippen LogP contribution in [-0.2, 0) is 11.3 Å². The van der Waals surface area contributed by atoms with Crippen LogP contribution in [0, 0.1) is 29.9 Å². The molecule has 1 atom stereocenters. The molecule has 9 heteroatoms. The summed E-state index contributed by atoms with van der Waals surface area (Å²) in [5, 5.41) is 21.9. The monoisotopic (exact) mass is 410 g/mol. The second-order valence-corrected chi connectivity index (χ2v) is 7.24. The van der Waals surface area contributed by atoms with Crippen LogP contribution in [-0.4, -0.2) is 41.0 Å². The lowest BCUT2D eigenvalue weighted by atomic mass is 10.1. The molecule has 1 fully saturated rings. The first-order valence-electron chi connectivity index (χ1n) is 9.57. The van der Waals surface area contributed by atoms with Crippen LogP contribution in [0.5, 0.6) is 0 Å². The van der Waals surface area contributed by atoms with E-state index in [1.807, 2.05) is 19.9 Å². The third-order valence-corrected chi connectivity index (χ3v) is 5.08. The number of morpholine rings is 1. The van der Waals surface area contributed by atoms with Crippen LogP contribution in [0.1, 0.15) is 23.7 Å². The Morgan fingerprint density at radius 2 is 2.10 bits per heavy atom. The summed E-state index contributed by atoms with van der Waals surface area (Å²) in [6, 6.07) is 5.52. The topological polar surface area (TPSA) is 87.0 Å². The van der Waals surface area contributed by atoms with Gasteiger partial charge in [-0.3, -0.25) is 0 Å². The van der Waals surface area contributed by atoms with Gasteiger partial charge in [0.25, 0.3) is 0 Å². The van der Waals surface area contributed by atoms with Gasteiger partial charge in [0.2, 0.25) is 0 Å². The number of ether oxygens (including phenoxy) is 1. The van der Waals surface area contributed by atoms with Crippen molar-refractivity contribution in [3.05, 3.63) is 52.9 Å². The van der Waals surface area contributed by atoms with Gasteiger partial charge in [0.15, 0.2) is 5.82 Å². The van der Waals surface area contributed by atoms with Gasteiger partial charge in [-0.1, -0.05) is 0 Å². The molecular weight excluding hydrogens is 390 g/mol. The average Bonchev–Trinajstić information content (AvgIpc) is 2.75. The predicted molar refractivity (Wildman–Crippen MR) is 108 cm³/mol. The molecule has 1 aromatic carbocycles. The minimum atomic E-state index is -0.750. The van der Waals surface area contributed by atoms with Gasteiger partial charge in [-0.2, -0.15) is 10.4 Å². The molecule has 3 heterocycles. The molecule has 30 heavy (non-hydrogen) atoms. The fourth-order valence-electron chi connectivity index (χ4n) is 3.53. The zero-order valence-electron chi connectivity index (χ0n) is 16.6. The molecule has 0 bridgehead atoms. The first-order valence-corrected chi connectivity index (χ1v) is 9.57. The zero-order chi connectivity index (χ0) is 21.3. The lowest BCUT2D eigenvalue weighted by molar-refractivity contribution is 0.0529. The summed E-state index contributed by atoms with van der Waals surface area (Å²) in [7, 11) is 0. The van der Waals surface area contributed by atoms with E-state index in [4.69, 9.17) is 10.00 Å². The number of nitrogens with one attached hydrogen (secondary N) is 1. The Kier molecular flexibility index (Phi) is 5.42. The van der Waals surface area contributed by atoms with Gasteiger partial charge >= 0.3 is 0 Å². The fourth-order valence-corrected chi connectivity index (χ4v) is 3.53. The largest absolute Gasteiger partial charge is 0.375 e. The summed E-state index contributed by atoms with van der Waals surface area (Å²) in [5.74, 6) is -0.197. The number of hydrogen-bond acceptors (Lipinski definition) is 7. The predicted octanol–water partition coefficient (Wildman–Crippen LogP) is 3.32. The van der Waals surface area contributed by atoms with E-state index >= 15 is 0 Å². The zero-order valence-corrected chi connectivity index (χ0v) is 16.6. The van der Waals surface area contributed by atoms with Crippen LogP contribution in [0.2, 0.25) is 0 Å². The van der Waals surface area contributed by atoms with Crippen molar-refractivity contribution in [1.29, 1.82) is 5.26 Å². The van der Waals surface area contributed by atoms with E-state index in [0.717, 1.165) is 41.8 Å². The number of fused-ring (bicyclic) bond motifs is 1. The molecule has 1 saturated heterocycles. The number of halogens is 2. The lowest BCUT2D eigenvalue weighted by Crippen LogP contribution is -2.41. The number of nitriles is 1. The van der Waals surface area contributed by atoms with Crippen molar-refractivity contribution >= 4 is 22.4 Å². The Morgan fingerprint density at radius 1 is 1.27 bits per heavy atom. The van der Waals surface area contributed by atoms with Gasteiger partial charge < -0.3 is 15.0 Å². The normalized spacial score (nSPS) is 16.5. The Hall–Kier alpha value is -3.38. The van der Waals surface area contributed by atoms with Gasteiger partial charge in [0.05, 0.1) is 24.0 Å². The number of pyridine rings is 1. The third kappa shape index (κ3) is 3.86. The standard InChI is InChI=1S/C21H20F2N6O/c1-12-11-29(3-4-30-12)19-7-17-18(10-25-19)13(2)27-28-21(17)26-9-15-6-16(22)5-14(8-24)20(15)23/h5-7,10,12H,3-4,9,11H2,1-2H3,(H,26,28)/t12-/m1/s1. The van der Waals surface area contributed by atoms with Crippen LogP contribution in [0.3, 0.4) is 0 Å². The fraction of sp³-hybridized carbons (Fsp3) is 0.333. The van der Waals surface area contributed by atoms with E-state index in [1.165, 1.54) is 0 Å². The number of aryl methyl sites for hydroxylation is 1. The van der Waals surface area contributed by atoms with Gasteiger partial charge in [-0.25, -0.2) is 13.8 Å². The van der Waals surface area contributed by atoms with Crippen molar-refractivity contribution in [2.75, 3.05) is 29.9 Å². The van der Waals surface area contributed by atoms with Gasteiger partial charge in [0.1, 0.15) is 23.5 Å². The summed E-state index contributed by atoms with van der Waals surface area (Å²) >= 11 is 0. The highest BCUT2D eigenvalue weighted by molar-refractivity contribution is 5.94. The molecule has 4 rings (SSSR count). The molecule has 0 saturated carbocycles. The highest BCUT2D eigenvalue weighted by atomic mass is 19.1. The Bertz CT molecular complexity index is 1150. The second-order valence-electron chi connectivity index (χ2n) is 7.24. The van der Waals surface area contributed by atoms with Gasteiger partial charge in [0, 0.05) is 42.2 Å². The maximum Gasteiger partial charge on any atom is 0.157 e. The number of hydrogen-bond donors (Lipinski definition) is 1. The van der Waals surface area contributed by atoms with Crippen LogP contribution >= 0.6 is 0 Å². The highest BCUT2D eigenvalue weighted by Gasteiger charge is 2.19. The molecule has 3 aromatic rings. The van der Waals surface area contributed by atoms with E-state index in [2.05, 4.69) is 25.4 Å². The molecule has 7 nitrogen and oxygen atoms in total. The number of aromatic nitrogens is 3. The summed E-state index contributed by atoms with van der Waals surface area (Å²) in [6.07, 6.45) is 1.85. The average molecular weight is 410 g/mol. The summed E-state index contributed by atoms with van der Waals surface area (Å²) in [4.78, 5) is 6.70. The number of benzene rings is 1. The third-order valence-electron chi connectivity index (χ3n) is 5.08. The van der Waals surface area contributed by atoms with E-state index in [0.29, 0.717) is 18.1 Å². The number of rotatable bonds is 4. The molecule has 1 aliphatic heterocycles. The molecule has 0 unspecified atom stereocenters. The maximum atomic E-state index is 14.4. The first-order chi connectivity index (χ1) is 14.5. The molecule has 0 radical (unpaired) electrons. The van der Waals surface area contributed by atoms with Crippen molar-refractivity contribution in [3.63, 3.8) is 0 Å². The minimum absolute atomic E-state index is 0.0401. The molecule has 1 N–H and O–H groups in total. The van der Waals surface area contributed by atoms with E-state index in [1.54, 1.807) is 12.3 Å². The lowest BCUT2D eigenvalue weighted by Gasteiger charge is -2.32.